The zero-order chi connectivity index (χ0) is 33.8. The summed E-state index contributed by atoms with van der Waals surface area (Å²) in [5.41, 5.74) is 16.7. The van der Waals surface area contributed by atoms with Crippen molar-refractivity contribution >= 4 is 17.1 Å². The predicted molar refractivity (Wildman–Crippen MR) is 207 cm³/mol. The third-order valence-electron chi connectivity index (χ3n) is 10.1. The van der Waals surface area contributed by atoms with Gasteiger partial charge in [-0.05, 0) is 103 Å². The number of rotatable bonds is 5. The van der Waals surface area contributed by atoms with E-state index in [1.807, 2.05) is 0 Å². The first-order valence-corrected chi connectivity index (χ1v) is 17.3. The van der Waals surface area contributed by atoms with E-state index in [0.717, 1.165) is 17.1 Å². The van der Waals surface area contributed by atoms with Gasteiger partial charge in [0, 0.05) is 22.5 Å². The average Bonchev–Trinajstić information content (AvgIpc) is 3.31. The molecule has 0 aromatic heterocycles. The Morgan fingerprint density at radius 1 is 0.438 bits per heavy atom. The Balaban J connectivity index is 1.40. The molecule has 0 bridgehead atoms. The first kappa shape index (κ1) is 31.7. The van der Waals surface area contributed by atoms with Gasteiger partial charge in [-0.25, -0.2) is 0 Å². The molecular weight excluding hydrogens is 579 g/mol. The molecule has 6 aromatic carbocycles. The number of anilines is 3. The molecular formula is C47H47N. The average molecular weight is 626 g/mol. The Hall–Kier alpha value is -4.88. The Labute approximate surface area is 287 Å². The Morgan fingerprint density at radius 3 is 1.35 bits per heavy atom. The van der Waals surface area contributed by atoms with Crippen molar-refractivity contribution in [1.82, 2.24) is 0 Å². The molecule has 0 atom stereocenters. The lowest BCUT2D eigenvalue weighted by Gasteiger charge is -2.32. The Bertz CT molecular complexity index is 1990. The first-order chi connectivity index (χ1) is 22.8. The molecule has 0 aliphatic heterocycles. The van der Waals surface area contributed by atoms with E-state index in [2.05, 4.69) is 200 Å². The molecule has 1 heteroatoms. The SMILES string of the molecule is CC(C)(C)c1cc2c(c(C(C)(C)C)c1)C(C)(C)c1ccc(N(c3ccc(-c4ccccc4)cc3)c3ccc(-c4ccccc4)cc3)cc1-2. The third-order valence-corrected chi connectivity index (χ3v) is 10.1. The maximum Gasteiger partial charge on any atom is 0.0468 e. The van der Waals surface area contributed by atoms with Crippen LogP contribution >= 0.6 is 0 Å². The molecule has 0 radical (unpaired) electrons. The van der Waals surface area contributed by atoms with Crippen molar-refractivity contribution in [2.24, 2.45) is 0 Å². The number of hydrogen-bond acceptors (Lipinski definition) is 1. The zero-order valence-electron chi connectivity index (χ0n) is 29.7. The monoisotopic (exact) mass is 625 g/mol. The van der Waals surface area contributed by atoms with Gasteiger partial charge >= 0.3 is 0 Å². The van der Waals surface area contributed by atoms with E-state index in [-0.39, 0.29) is 16.2 Å². The summed E-state index contributed by atoms with van der Waals surface area (Å²) in [5.74, 6) is 0. The molecule has 0 unspecified atom stereocenters. The van der Waals surface area contributed by atoms with Gasteiger partial charge in [-0.3, -0.25) is 0 Å². The van der Waals surface area contributed by atoms with E-state index in [1.54, 1.807) is 0 Å². The van der Waals surface area contributed by atoms with E-state index in [0.29, 0.717) is 0 Å². The maximum absolute atomic E-state index is 2.49. The Kier molecular flexibility index (Phi) is 7.71. The van der Waals surface area contributed by atoms with Crippen molar-refractivity contribution in [3.05, 3.63) is 162 Å². The molecule has 1 aliphatic carbocycles. The fourth-order valence-corrected chi connectivity index (χ4v) is 7.44. The largest absolute Gasteiger partial charge is 0.310 e. The van der Waals surface area contributed by atoms with E-state index >= 15 is 0 Å². The summed E-state index contributed by atoms with van der Waals surface area (Å²) in [6, 6.07) is 51.4. The number of hydrogen-bond donors (Lipinski definition) is 0. The summed E-state index contributed by atoms with van der Waals surface area (Å²) in [7, 11) is 0. The normalized spacial score (nSPS) is 13.6. The van der Waals surface area contributed by atoms with Gasteiger partial charge in [0.2, 0.25) is 0 Å². The van der Waals surface area contributed by atoms with E-state index in [1.165, 1.54) is 55.6 Å². The van der Waals surface area contributed by atoms with Gasteiger partial charge < -0.3 is 4.90 Å². The molecule has 48 heavy (non-hydrogen) atoms. The van der Waals surface area contributed by atoms with Crippen LogP contribution in [-0.2, 0) is 16.2 Å². The zero-order valence-corrected chi connectivity index (χ0v) is 29.7. The fourth-order valence-electron chi connectivity index (χ4n) is 7.44. The summed E-state index contributed by atoms with van der Waals surface area (Å²) in [6.45, 7) is 18.9. The third kappa shape index (κ3) is 5.66. The predicted octanol–water partition coefficient (Wildman–Crippen LogP) is 13.4. The van der Waals surface area contributed by atoms with Crippen LogP contribution < -0.4 is 4.90 Å². The van der Waals surface area contributed by atoms with Crippen LogP contribution in [0, 0.1) is 0 Å². The topological polar surface area (TPSA) is 3.24 Å². The maximum atomic E-state index is 2.49. The molecule has 0 amide bonds. The van der Waals surface area contributed by atoms with Crippen LogP contribution in [-0.4, -0.2) is 0 Å². The van der Waals surface area contributed by atoms with Gasteiger partial charge in [0.15, 0.2) is 0 Å². The molecule has 0 saturated carbocycles. The first-order valence-electron chi connectivity index (χ1n) is 17.3. The lowest BCUT2D eigenvalue weighted by atomic mass is 9.71. The summed E-state index contributed by atoms with van der Waals surface area (Å²) in [5, 5.41) is 0. The lowest BCUT2D eigenvalue weighted by Crippen LogP contribution is -2.24. The van der Waals surface area contributed by atoms with Crippen LogP contribution in [0.1, 0.15) is 77.6 Å². The standard InChI is InChI=1S/C47H47N/c1-45(2,3)36-29-41-40-31-39(27-28-42(40)47(7,8)44(41)43(30-36)46(4,5)6)48(37-23-19-34(20-24-37)32-15-11-9-12-16-32)38-25-21-35(22-26-38)33-17-13-10-14-18-33/h9-31H,1-8H3. The van der Waals surface area contributed by atoms with Crippen molar-refractivity contribution < 1.29 is 0 Å². The minimum Gasteiger partial charge on any atom is -0.310 e. The van der Waals surface area contributed by atoms with Crippen LogP contribution in [0.15, 0.2) is 140 Å². The molecule has 0 saturated heterocycles. The van der Waals surface area contributed by atoms with E-state index < -0.39 is 0 Å². The molecule has 0 heterocycles. The molecule has 7 rings (SSSR count). The van der Waals surface area contributed by atoms with Crippen LogP contribution in [0.4, 0.5) is 17.1 Å². The molecule has 0 fully saturated rings. The van der Waals surface area contributed by atoms with Gasteiger partial charge in [-0.15, -0.1) is 0 Å². The van der Waals surface area contributed by atoms with Crippen molar-refractivity contribution in [1.29, 1.82) is 0 Å². The second-order valence-corrected chi connectivity index (χ2v) is 16.0. The van der Waals surface area contributed by atoms with E-state index in [9.17, 15) is 0 Å². The van der Waals surface area contributed by atoms with Crippen LogP contribution in [0.2, 0.25) is 0 Å². The quantitative estimate of drug-likeness (QED) is 0.184. The highest BCUT2D eigenvalue weighted by Crippen LogP contribution is 2.54. The highest BCUT2D eigenvalue weighted by atomic mass is 15.1. The van der Waals surface area contributed by atoms with Crippen molar-refractivity contribution in [3.63, 3.8) is 0 Å². The second-order valence-electron chi connectivity index (χ2n) is 16.0. The minimum absolute atomic E-state index is 0.0283. The Morgan fingerprint density at radius 2 is 0.896 bits per heavy atom. The molecule has 0 spiro atoms. The van der Waals surface area contributed by atoms with Gasteiger partial charge in [-0.1, -0.05) is 159 Å². The van der Waals surface area contributed by atoms with Gasteiger partial charge in [-0.2, -0.15) is 0 Å². The van der Waals surface area contributed by atoms with Gasteiger partial charge in [0.1, 0.15) is 0 Å². The van der Waals surface area contributed by atoms with Gasteiger partial charge in [0.25, 0.3) is 0 Å². The number of benzene rings is 6. The highest BCUT2D eigenvalue weighted by molar-refractivity contribution is 5.88. The van der Waals surface area contributed by atoms with Crippen LogP contribution in [0.25, 0.3) is 33.4 Å². The summed E-state index contributed by atoms with van der Waals surface area (Å²) in [6.07, 6.45) is 0. The second kappa shape index (κ2) is 11.7. The summed E-state index contributed by atoms with van der Waals surface area (Å²) >= 11 is 0. The van der Waals surface area contributed by atoms with E-state index in [4.69, 9.17) is 0 Å². The molecule has 1 aliphatic rings. The highest BCUT2D eigenvalue weighted by Gasteiger charge is 2.41. The summed E-state index contributed by atoms with van der Waals surface area (Å²) in [4.78, 5) is 2.41. The lowest BCUT2D eigenvalue weighted by molar-refractivity contribution is 0.545. The fraction of sp³-hybridized carbons (Fsp3) is 0.234. The van der Waals surface area contributed by atoms with Crippen molar-refractivity contribution in [2.45, 2.75) is 71.6 Å². The van der Waals surface area contributed by atoms with Crippen LogP contribution in [0.5, 0.6) is 0 Å². The number of nitrogens with zero attached hydrogens (tertiary/aromatic N) is 1. The van der Waals surface area contributed by atoms with Crippen molar-refractivity contribution in [2.75, 3.05) is 4.90 Å². The smallest absolute Gasteiger partial charge is 0.0468 e. The molecule has 0 N–H and O–H groups in total. The molecule has 6 aromatic rings. The summed E-state index contributed by atoms with van der Waals surface area (Å²) < 4.78 is 0. The van der Waals surface area contributed by atoms with Gasteiger partial charge in [0.05, 0.1) is 0 Å². The van der Waals surface area contributed by atoms with Crippen molar-refractivity contribution in [3.8, 4) is 33.4 Å². The molecule has 240 valence electrons. The number of fused-ring (bicyclic) bond motifs is 3. The minimum atomic E-state index is -0.0955. The molecule has 1 nitrogen and oxygen atoms in total. The van der Waals surface area contributed by atoms with Crippen LogP contribution in [0.3, 0.4) is 0 Å².